The average molecular weight is 223 g/mol. The van der Waals surface area contributed by atoms with Crippen LogP contribution in [-0.2, 0) is 4.74 Å². The van der Waals surface area contributed by atoms with Crippen molar-refractivity contribution >= 4 is 0 Å². The van der Waals surface area contributed by atoms with Crippen LogP contribution in [0.15, 0.2) is 11.6 Å². The van der Waals surface area contributed by atoms with E-state index in [1.807, 2.05) is 0 Å². The SMILES string of the molecule is CC1(C)CC(NCCC2=CCCC2)CCO1. The maximum absolute atomic E-state index is 5.72. The highest BCUT2D eigenvalue weighted by atomic mass is 16.5. The van der Waals surface area contributed by atoms with E-state index >= 15 is 0 Å². The molecule has 1 atom stereocenters. The van der Waals surface area contributed by atoms with Gasteiger partial charge in [0.25, 0.3) is 0 Å². The molecule has 1 heterocycles. The molecule has 2 heteroatoms. The fraction of sp³-hybridized carbons (Fsp3) is 0.857. The lowest BCUT2D eigenvalue weighted by Gasteiger charge is -2.36. The standard InChI is InChI=1S/C14H25NO/c1-14(2)11-13(8-10-16-14)15-9-7-12-5-3-4-6-12/h5,13,15H,3-4,6-11H2,1-2H3. The average Bonchev–Trinajstić information content (AvgIpc) is 2.69. The first-order valence-electron chi connectivity index (χ1n) is 6.71. The van der Waals surface area contributed by atoms with Gasteiger partial charge in [0.05, 0.1) is 5.60 Å². The first-order valence-corrected chi connectivity index (χ1v) is 6.71. The van der Waals surface area contributed by atoms with Gasteiger partial charge in [-0.3, -0.25) is 0 Å². The zero-order valence-corrected chi connectivity index (χ0v) is 10.7. The molecule has 2 aliphatic rings. The minimum atomic E-state index is 0.0720. The Morgan fingerprint density at radius 1 is 1.50 bits per heavy atom. The van der Waals surface area contributed by atoms with Crippen molar-refractivity contribution in [3.8, 4) is 0 Å². The van der Waals surface area contributed by atoms with Crippen LogP contribution >= 0.6 is 0 Å². The Morgan fingerprint density at radius 2 is 2.38 bits per heavy atom. The van der Waals surface area contributed by atoms with Crippen molar-refractivity contribution in [3.05, 3.63) is 11.6 Å². The highest BCUT2D eigenvalue weighted by Crippen LogP contribution is 2.24. The predicted octanol–water partition coefficient (Wildman–Crippen LogP) is 3.03. The van der Waals surface area contributed by atoms with Crippen LogP contribution < -0.4 is 5.32 Å². The van der Waals surface area contributed by atoms with Gasteiger partial charge in [0.1, 0.15) is 0 Å². The van der Waals surface area contributed by atoms with Gasteiger partial charge >= 0.3 is 0 Å². The highest BCUT2D eigenvalue weighted by molar-refractivity contribution is 5.07. The topological polar surface area (TPSA) is 21.3 Å². The molecule has 0 saturated carbocycles. The lowest BCUT2D eigenvalue weighted by Crippen LogP contribution is -2.43. The fourth-order valence-corrected chi connectivity index (χ4v) is 2.81. The second kappa shape index (κ2) is 5.33. The molecule has 0 bridgehead atoms. The quantitative estimate of drug-likeness (QED) is 0.740. The van der Waals surface area contributed by atoms with Gasteiger partial charge in [0.15, 0.2) is 0 Å². The molecule has 2 nitrogen and oxygen atoms in total. The van der Waals surface area contributed by atoms with Crippen LogP contribution in [0.25, 0.3) is 0 Å². The molecule has 1 unspecified atom stereocenters. The molecule has 1 saturated heterocycles. The van der Waals surface area contributed by atoms with Gasteiger partial charge in [0.2, 0.25) is 0 Å². The monoisotopic (exact) mass is 223 g/mol. The van der Waals surface area contributed by atoms with E-state index in [0.29, 0.717) is 6.04 Å². The molecule has 1 aliphatic carbocycles. The number of hydrogen-bond acceptors (Lipinski definition) is 2. The summed E-state index contributed by atoms with van der Waals surface area (Å²) in [6, 6.07) is 0.658. The number of allylic oxidation sites excluding steroid dienone is 1. The Morgan fingerprint density at radius 3 is 3.06 bits per heavy atom. The van der Waals surface area contributed by atoms with Gasteiger partial charge in [0, 0.05) is 12.6 Å². The maximum Gasteiger partial charge on any atom is 0.0641 e. The Kier molecular flexibility index (Phi) is 4.04. The molecule has 0 spiro atoms. The first-order chi connectivity index (χ1) is 7.66. The van der Waals surface area contributed by atoms with Crippen molar-refractivity contribution in [2.75, 3.05) is 13.2 Å². The number of hydrogen-bond donors (Lipinski definition) is 1. The molecule has 1 fully saturated rings. The fourth-order valence-electron chi connectivity index (χ4n) is 2.81. The van der Waals surface area contributed by atoms with Crippen LogP contribution in [0.5, 0.6) is 0 Å². The second-order valence-electron chi connectivity index (χ2n) is 5.76. The van der Waals surface area contributed by atoms with Crippen LogP contribution in [0.4, 0.5) is 0 Å². The minimum Gasteiger partial charge on any atom is -0.375 e. The summed E-state index contributed by atoms with van der Waals surface area (Å²) >= 11 is 0. The van der Waals surface area contributed by atoms with Gasteiger partial charge < -0.3 is 10.1 Å². The Balaban J connectivity index is 1.65. The molecular formula is C14H25NO. The summed E-state index contributed by atoms with van der Waals surface area (Å²) in [6.45, 7) is 6.45. The Hall–Kier alpha value is -0.340. The van der Waals surface area contributed by atoms with E-state index in [2.05, 4.69) is 25.2 Å². The lowest BCUT2D eigenvalue weighted by atomic mass is 9.94. The molecule has 0 aromatic rings. The maximum atomic E-state index is 5.72. The molecule has 16 heavy (non-hydrogen) atoms. The normalized spacial score (nSPS) is 29.1. The van der Waals surface area contributed by atoms with E-state index in [1.165, 1.54) is 32.1 Å². The van der Waals surface area contributed by atoms with Crippen LogP contribution in [0.3, 0.4) is 0 Å². The van der Waals surface area contributed by atoms with Gasteiger partial charge in [-0.2, -0.15) is 0 Å². The van der Waals surface area contributed by atoms with E-state index in [9.17, 15) is 0 Å². The minimum absolute atomic E-state index is 0.0720. The lowest BCUT2D eigenvalue weighted by molar-refractivity contribution is -0.0627. The van der Waals surface area contributed by atoms with Gasteiger partial charge in [-0.25, -0.2) is 0 Å². The van der Waals surface area contributed by atoms with E-state index in [0.717, 1.165) is 19.6 Å². The summed E-state index contributed by atoms with van der Waals surface area (Å²) in [4.78, 5) is 0. The summed E-state index contributed by atoms with van der Waals surface area (Å²) < 4.78 is 5.72. The smallest absolute Gasteiger partial charge is 0.0641 e. The summed E-state index contributed by atoms with van der Waals surface area (Å²) in [5, 5.41) is 3.68. The van der Waals surface area contributed by atoms with E-state index in [4.69, 9.17) is 4.74 Å². The van der Waals surface area contributed by atoms with Crippen molar-refractivity contribution in [1.29, 1.82) is 0 Å². The molecule has 0 amide bonds. The third kappa shape index (κ3) is 3.60. The first kappa shape index (κ1) is 12.1. The molecule has 2 rings (SSSR count). The Bertz CT molecular complexity index is 257. The van der Waals surface area contributed by atoms with Crippen molar-refractivity contribution in [2.24, 2.45) is 0 Å². The summed E-state index contributed by atoms with van der Waals surface area (Å²) in [7, 11) is 0. The summed E-state index contributed by atoms with van der Waals surface area (Å²) in [5.41, 5.74) is 1.74. The number of rotatable bonds is 4. The van der Waals surface area contributed by atoms with Gasteiger partial charge in [-0.15, -0.1) is 0 Å². The molecular weight excluding hydrogens is 198 g/mol. The van der Waals surface area contributed by atoms with Gasteiger partial charge in [-0.05, 0) is 58.9 Å². The van der Waals surface area contributed by atoms with Crippen LogP contribution in [0.2, 0.25) is 0 Å². The summed E-state index contributed by atoms with van der Waals surface area (Å²) in [5.74, 6) is 0. The number of ether oxygens (including phenoxy) is 1. The highest BCUT2D eigenvalue weighted by Gasteiger charge is 2.28. The van der Waals surface area contributed by atoms with Crippen molar-refractivity contribution in [3.63, 3.8) is 0 Å². The number of nitrogens with one attached hydrogen (secondary N) is 1. The zero-order chi connectivity index (χ0) is 11.4. The Labute approximate surface area is 99.4 Å². The summed E-state index contributed by atoms with van der Waals surface area (Å²) in [6.07, 6.45) is 10.0. The zero-order valence-electron chi connectivity index (χ0n) is 10.7. The third-order valence-electron chi connectivity index (χ3n) is 3.71. The van der Waals surface area contributed by atoms with Crippen molar-refractivity contribution in [2.45, 2.75) is 64.0 Å². The van der Waals surface area contributed by atoms with Crippen molar-refractivity contribution in [1.82, 2.24) is 5.32 Å². The molecule has 92 valence electrons. The van der Waals surface area contributed by atoms with Crippen LogP contribution in [0.1, 0.15) is 52.4 Å². The predicted molar refractivity (Wildman–Crippen MR) is 67.6 cm³/mol. The third-order valence-corrected chi connectivity index (χ3v) is 3.71. The van der Waals surface area contributed by atoms with Gasteiger partial charge in [-0.1, -0.05) is 11.6 Å². The van der Waals surface area contributed by atoms with Crippen LogP contribution in [-0.4, -0.2) is 24.8 Å². The van der Waals surface area contributed by atoms with Crippen molar-refractivity contribution < 1.29 is 4.74 Å². The van der Waals surface area contributed by atoms with E-state index in [1.54, 1.807) is 5.57 Å². The molecule has 0 radical (unpaired) electrons. The molecule has 1 aliphatic heterocycles. The largest absolute Gasteiger partial charge is 0.375 e. The second-order valence-corrected chi connectivity index (χ2v) is 5.76. The van der Waals surface area contributed by atoms with E-state index in [-0.39, 0.29) is 5.60 Å². The molecule has 0 aromatic heterocycles. The van der Waals surface area contributed by atoms with Crippen LogP contribution in [0, 0.1) is 0 Å². The molecule has 1 N–H and O–H groups in total. The van der Waals surface area contributed by atoms with E-state index < -0.39 is 0 Å². The molecule has 0 aromatic carbocycles.